The van der Waals surface area contributed by atoms with E-state index in [4.69, 9.17) is 4.74 Å². The Morgan fingerprint density at radius 3 is 2.88 bits per heavy atom. The number of ether oxygens (including phenoxy) is 1. The number of para-hydroxylation sites is 1. The van der Waals surface area contributed by atoms with Crippen LogP contribution in [0.2, 0.25) is 0 Å². The van der Waals surface area contributed by atoms with Crippen LogP contribution < -0.4 is 5.32 Å². The van der Waals surface area contributed by atoms with Crippen molar-refractivity contribution in [2.24, 2.45) is 0 Å². The van der Waals surface area contributed by atoms with Crippen LogP contribution in [0.15, 0.2) is 43.1 Å². The van der Waals surface area contributed by atoms with E-state index in [-0.39, 0.29) is 11.9 Å². The number of benzene rings is 1. The standard InChI is InChI=1S/C19H24N2O3/c1-3-5-12-24-19(23)10-11-21-14-15(13-20-18(22)4-2)16-8-6-7-9-17(16)21/h4,6-9,14H,2-3,5,10-13H2,1H3,(H,20,22). The Bertz CT molecular complexity index is 718. The van der Waals surface area contributed by atoms with Crippen LogP contribution in [0.3, 0.4) is 0 Å². The summed E-state index contributed by atoms with van der Waals surface area (Å²) in [7, 11) is 0. The molecule has 1 N–H and O–H groups in total. The van der Waals surface area contributed by atoms with Gasteiger partial charge in [-0.15, -0.1) is 0 Å². The van der Waals surface area contributed by atoms with Crippen LogP contribution in [0.5, 0.6) is 0 Å². The number of fused-ring (bicyclic) bond motifs is 1. The number of carbonyl (C=O) groups is 2. The Hall–Kier alpha value is -2.56. The molecule has 0 fully saturated rings. The second-order valence-electron chi connectivity index (χ2n) is 5.61. The van der Waals surface area contributed by atoms with Gasteiger partial charge in [0.25, 0.3) is 0 Å². The molecule has 5 heteroatoms. The minimum atomic E-state index is -0.202. The van der Waals surface area contributed by atoms with E-state index in [2.05, 4.69) is 18.8 Å². The molecular weight excluding hydrogens is 304 g/mol. The van der Waals surface area contributed by atoms with Gasteiger partial charge in [0.05, 0.1) is 13.0 Å². The molecule has 1 heterocycles. The van der Waals surface area contributed by atoms with Crippen molar-refractivity contribution in [2.45, 2.75) is 39.3 Å². The molecule has 0 saturated heterocycles. The van der Waals surface area contributed by atoms with E-state index in [9.17, 15) is 9.59 Å². The number of aryl methyl sites for hydroxylation is 1. The van der Waals surface area contributed by atoms with Crippen LogP contribution in [-0.2, 0) is 27.4 Å². The van der Waals surface area contributed by atoms with Crippen molar-refractivity contribution in [1.82, 2.24) is 9.88 Å². The normalized spacial score (nSPS) is 10.5. The molecule has 0 unspecified atom stereocenters. The van der Waals surface area contributed by atoms with E-state index in [0.717, 1.165) is 29.3 Å². The molecular formula is C19H24N2O3. The van der Waals surface area contributed by atoms with E-state index in [0.29, 0.717) is 26.1 Å². The lowest BCUT2D eigenvalue weighted by Crippen LogP contribution is -2.19. The van der Waals surface area contributed by atoms with Gasteiger partial charge in [-0.1, -0.05) is 38.1 Å². The van der Waals surface area contributed by atoms with Gasteiger partial charge in [-0.05, 0) is 24.1 Å². The number of rotatable bonds is 9. The zero-order chi connectivity index (χ0) is 17.4. The Labute approximate surface area is 142 Å². The number of nitrogens with one attached hydrogen (secondary N) is 1. The molecule has 128 valence electrons. The average Bonchev–Trinajstić information content (AvgIpc) is 2.96. The molecule has 0 radical (unpaired) electrons. The summed E-state index contributed by atoms with van der Waals surface area (Å²) in [5, 5.41) is 3.86. The van der Waals surface area contributed by atoms with Crippen LogP contribution in [0.4, 0.5) is 0 Å². The number of hydrogen-bond acceptors (Lipinski definition) is 3. The number of hydrogen-bond donors (Lipinski definition) is 1. The lowest BCUT2D eigenvalue weighted by molar-refractivity contribution is -0.144. The molecule has 0 aliphatic carbocycles. The van der Waals surface area contributed by atoms with Crippen molar-refractivity contribution in [2.75, 3.05) is 6.61 Å². The van der Waals surface area contributed by atoms with Crippen molar-refractivity contribution >= 4 is 22.8 Å². The third-order valence-corrected chi connectivity index (χ3v) is 3.83. The van der Waals surface area contributed by atoms with Crippen molar-refractivity contribution in [1.29, 1.82) is 0 Å². The minimum absolute atomic E-state index is 0.178. The molecule has 0 atom stereocenters. The maximum atomic E-state index is 11.8. The van der Waals surface area contributed by atoms with Crippen molar-refractivity contribution in [3.05, 3.63) is 48.7 Å². The zero-order valence-electron chi connectivity index (χ0n) is 14.1. The molecule has 1 amide bonds. The third-order valence-electron chi connectivity index (χ3n) is 3.83. The number of amides is 1. The number of carbonyl (C=O) groups excluding carboxylic acids is 2. The van der Waals surface area contributed by atoms with E-state index < -0.39 is 0 Å². The van der Waals surface area contributed by atoms with Crippen LogP contribution in [0.25, 0.3) is 10.9 Å². The van der Waals surface area contributed by atoms with Crippen molar-refractivity contribution in [3.8, 4) is 0 Å². The summed E-state index contributed by atoms with van der Waals surface area (Å²) < 4.78 is 7.23. The molecule has 0 spiro atoms. The third kappa shape index (κ3) is 4.72. The molecule has 0 aliphatic rings. The maximum absolute atomic E-state index is 11.8. The highest BCUT2D eigenvalue weighted by atomic mass is 16.5. The van der Waals surface area contributed by atoms with Gasteiger partial charge in [0, 0.05) is 30.2 Å². The Balaban J connectivity index is 2.05. The molecule has 1 aromatic heterocycles. The van der Waals surface area contributed by atoms with Crippen molar-refractivity contribution in [3.63, 3.8) is 0 Å². The Morgan fingerprint density at radius 2 is 2.12 bits per heavy atom. The van der Waals surface area contributed by atoms with Gasteiger partial charge in [-0.2, -0.15) is 0 Å². The molecule has 2 rings (SSSR count). The quantitative estimate of drug-likeness (QED) is 0.437. The Morgan fingerprint density at radius 1 is 1.33 bits per heavy atom. The summed E-state index contributed by atoms with van der Waals surface area (Å²) in [4.78, 5) is 23.2. The first-order chi connectivity index (χ1) is 11.7. The second kappa shape index (κ2) is 8.91. The van der Waals surface area contributed by atoms with Crippen LogP contribution in [0, 0.1) is 0 Å². The predicted octanol–water partition coefficient (Wildman–Crippen LogP) is 3.18. The molecule has 24 heavy (non-hydrogen) atoms. The summed E-state index contributed by atoms with van der Waals surface area (Å²) in [6.45, 7) is 6.99. The SMILES string of the molecule is C=CC(=O)NCc1cn(CCC(=O)OCCCC)c2ccccc12. The van der Waals surface area contributed by atoms with Gasteiger partial charge in [0.2, 0.25) is 5.91 Å². The molecule has 1 aromatic carbocycles. The van der Waals surface area contributed by atoms with Gasteiger partial charge in [0.1, 0.15) is 0 Å². The fraction of sp³-hybridized carbons (Fsp3) is 0.368. The van der Waals surface area contributed by atoms with E-state index >= 15 is 0 Å². The smallest absolute Gasteiger partial charge is 0.307 e. The molecule has 0 bridgehead atoms. The van der Waals surface area contributed by atoms with Gasteiger partial charge in [0.15, 0.2) is 0 Å². The highest BCUT2D eigenvalue weighted by Crippen LogP contribution is 2.21. The first-order valence-electron chi connectivity index (χ1n) is 8.28. The van der Waals surface area contributed by atoms with E-state index in [1.807, 2.05) is 35.0 Å². The molecule has 0 aliphatic heterocycles. The van der Waals surface area contributed by atoms with Gasteiger partial charge in [-0.3, -0.25) is 9.59 Å². The lowest BCUT2D eigenvalue weighted by Gasteiger charge is -2.06. The molecule has 0 saturated carbocycles. The highest BCUT2D eigenvalue weighted by molar-refractivity contribution is 5.88. The monoisotopic (exact) mass is 328 g/mol. The second-order valence-corrected chi connectivity index (χ2v) is 5.61. The highest BCUT2D eigenvalue weighted by Gasteiger charge is 2.10. The maximum Gasteiger partial charge on any atom is 0.307 e. The van der Waals surface area contributed by atoms with E-state index in [1.165, 1.54) is 6.08 Å². The van der Waals surface area contributed by atoms with Gasteiger partial charge >= 0.3 is 5.97 Å². The van der Waals surface area contributed by atoms with Crippen LogP contribution in [0.1, 0.15) is 31.7 Å². The average molecular weight is 328 g/mol. The van der Waals surface area contributed by atoms with Crippen LogP contribution in [-0.4, -0.2) is 23.1 Å². The van der Waals surface area contributed by atoms with E-state index in [1.54, 1.807) is 0 Å². The summed E-state index contributed by atoms with van der Waals surface area (Å²) in [5.41, 5.74) is 2.06. The molecule has 5 nitrogen and oxygen atoms in total. The Kier molecular flexibility index (Phi) is 6.61. The lowest BCUT2D eigenvalue weighted by atomic mass is 10.2. The number of esters is 1. The summed E-state index contributed by atoms with van der Waals surface area (Å²) in [6, 6.07) is 7.95. The largest absolute Gasteiger partial charge is 0.466 e. The number of nitrogens with zero attached hydrogens (tertiary/aromatic N) is 1. The topological polar surface area (TPSA) is 60.3 Å². The fourth-order valence-corrected chi connectivity index (χ4v) is 2.52. The first kappa shape index (κ1) is 17.8. The predicted molar refractivity (Wildman–Crippen MR) is 94.5 cm³/mol. The summed E-state index contributed by atoms with van der Waals surface area (Å²) in [5.74, 6) is -0.380. The number of aromatic nitrogens is 1. The summed E-state index contributed by atoms with van der Waals surface area (Å²) >= 11 is 0. The first-order valence-corrected chi connectivity index (χ1v) is 8.28. The van der Waals surface area contributed by atoms with Gasteiger partial charge < -0.3 is 14.6 Å². The van der Waals surface area contributed by atoms with Gasteiger partial charge in [-0.25, -0.2) is 0 Å². The minimum Gasteiger partial charge on any atom is -0.466 e. The van der Waals surface area contributed by atoms with Crippen molar-refractivity contribution < 1.29 is 14.3 Å². The number of unbranched alkanes of at least 4 members (excludes halogenated alkanes) is 1. The van der Waals surface area contributed by atoms with Crippen LogP contribution >= 0.6 is 0 Å². The molecule has 2 aromatic rings. The zero-order valence-corrected chi connectivity index (χ0v) is 14.1. The summed E-state index contributed by atoms with van der Waals surface area (Å²) in [6.07, 6.45) is 5.47. The fourth-order valence-electron chi connectivity index (χ4n) is 2.52.